The zero-order valence-corrected chi connectivity index (χ0v) is 15.1. The van der Waals surface area contributed by atoms with Crippen LogP contribution in [0.3, 0.4) is 0 Å². The number of ether oxygens (including phenoxy) is 1. The van der Waals surface area contributed by atoms with Crippen LogP contribution in [-0.4, -0.2) is 36.5 Å². The first-order valence-corrected chi connectivity index (χ1v) is 9.36. The number of aromatic nitrogens is 3. The second-order valence-corrected chi connectivity index (χ2v) is 7.94. The van der Waals surface area contributed by atoms with E-state index in [1.54, 1.807) is 49.4 Å². The lowest BCUT2D eigenvalue weighted by molar-refractivity contribution is 0.413. The highest BCUT2D eigenvalue weighted by Gasteiger charge is 2.19. The lowest BCUT2D eigenvalue weighted by Gasteiger charge is -2.11. The van der Waals surface area contributed by atoms with Crippen molar-refractivity contribution in [3.05, 3.63) is 35.1 Å². The number of pyridine rings is 1. The Morgan fingerprint density at radius 1 is 1.30 bits per heavy atom. The fourth-order valence-corrected chi connectivity index (χ4v) is 3.86. The number of rotatable bonds is 3. The highest BCUT2D eigenvalue weighted by atomic mass is 79.9. The summed E-state index contributed by atoms with van der Waals surface area (Å²) in [6.07, 6.45) is 4.62. The van der Waals surface area contributed by atoms with Gasteiger partial charge in [-0.3, -0.25) is 4.68 Å². The summed E-state index contributed by atoms with van der Waals surface area (Å²) in [6.45, 7) is 0. The summed E-state index contributed by atoms with van der Waals surface area (Å²) >= 11 is 3.45. The summed E-state index contributed by atoms with van der Waals surface area (Å²) in [7, 11) is -0.0757. The lowest BCUT2D eigenvalue weighted by atomic mass is 10.1. The number of methoxy groups -OCH3 is 1. The van der Waals surface area contributed by atoms with Crippen LogP contribution >= 0.6 is 15.9 Å². The normalized spacial score (nSPS) is 11.8. The third kappa shape index (κ3) is 2.84. The second kappa shape index (κ2) is 5.61. The number of sulfone groups is 1. The number of benzene rings is 1. The molecule has 0 fully saturated rings. The van der Waals surface area contributed by atoms with Gasteiger partial charge in [-0.2, -0.15) is 5.10 Å². The smallest absolute Gasteiger partial charge is 0.176 e. The maximum atomic E-state index is 12.2. The molecular weight excluding hydrogens is 382 g/mol. The quantitative estimate of drug-likeness (QED) is 0.681. The van der Waals surface area contributed by atoms with E-state index in [4.69, 9.17) is 4.74 Å². The van der Waals surface area contributed by atoms with Gasteiger partial charge in [-0.15, -0.1) is 0 Å². The molecule has 0 aliphatic carbocycles. The Morgan fingerprint density at radius 3 is 2.61 bits per heavy atom. The molecule has 8 heteroatoms. The monoisotopic (exact) mass is 395 g/mol. The third-order valence-corrected chi connectivity index (χ3v) is 5.37. The summed E-state index contributed by atoms with van der Waals surface area (Å²) in [6, 6.07) is 5.00. The Labute approximate surface area is 142 Å². The average Bonchev–Trinajstić information content (AvgIpc) is 2.92. The van der Waals surface area contributed by atoms with Gasteiger partial charge in [0.25, 0.3) is 0 Å². The number of nitrogens with zero attached hydrogens (tertiary/aromatic N) is 3. The molecule has 1 aromatic carbocycles. The van der Waals surface area contributed by atoms with Crippen LogP contribution in [0.15, 0.2) is 40.0 Å². The molecule has 0 radical (unpaired) electrons. The van der Waals surface area contributed by atoms with E-state index >= 15 is 0 Å². The van der Waals surface area contributed by atoms with Gasteiger partial charge < -0.3 is 4.74 Å². The molecule has 3 rings (SSSR count). The molecule has 6 nitrogen and oxygen atoms in total. The Hall–Kier alpha value is -1.93. The molecule has 0 saturated heterocycles. The molecule has 0 unspecified atom stereocenters. The SMILES string of the molecule is COc1ccc2c(S(C)(=O)=O)cc(-c3cnn(C)c3)nc2c1Br. The maximum absolute atomic E-state index is 12.2. The van der Waals surface area contributed by atoms with Gasteiger partial charge in [0.2, 0.25) is 0 Å². The lowest BCUT2D eigenvalue weighted by Crippen LogP contribution is -2.01. The predicted molar refractivity (Wildman–Crippen MR) is 91.3 cm³/mol. The van der Waals surface area contributed by atoms with Gasteiger partial charge >= 0.3 is 0 Å². The minimum atomic E-state index is -3.42. The maximum Gasteiger partial charge on any atom is 0.176 e. The van der Waals surface area contributed by atoms with Crippen LogP contribution in [0.25, 0.3) is 22.2 Å². The van der Waals surface area contributed by atoms with Crippen molar-refractivity contribution in [2.24, 2.45) is 7.05 Å². The van der Waals surface area contributed by atoms with E-state index in [0.29, 0.717) is 26.8 Å². The highest BCUT2D eigenvalue weighted by molar-refractivity contribution is 9.10. The van der Waals surface area contributed by atoms with E-state index < -0.39 is 9.84 Å². The Bertz CT molecular complexity index is 1010. The molecule has 0 atom stereocenters. The molecule has 0 amide bonds. The van der Waals surface area contributed by atoms with Gasteiger partial charge in [-0.25, -0.2) is 13.4 Å². The molecule has 0 aliphatic heterocycles. The topological polar surface area (TPSA) is 74.1 Å². The Balaban J connectivity index is 2.42. The number of halogens is 1. The first-order valence-electron chi connectivity index (χ1n) is 6.67. The van der Waals surface area contributed by atoms with Crippen LogP contribution in [-0.2, 0) is 16.9 Å². The highest BCUT2D eigenvalue weighted by Crippen LogP contribution is 2.36. The van der Waals surface area contributed by atoms with E-state index in [2.05, 4.69) is 26.0 Å². The molecule has 23 heavy (non-hydrogen) atoms. The van der Waals surface area contributed by atoms with Crippen LogP contribution in [0, 0.1) is 0 Å². The number of aryl methyl sites for hydroxylation is 1. The summed E-state index contributed by atoms with van der Waals surface area (Å²) in [5.74, 6) is 0.591. The van der Waals surface area contributed by atoms with Gasteiger partial charge in [-0.1, -0.05) is 0 Å². The minimum absolute atomic E-state index is 0.227. The van der Waals surface area contributed by atoms with Gasteiger partial charge in [0, 0.05) is 30.4 Å². The van der Waals surface area contributed by atoms with Crippen molar-refractivity contribution in [1.82, 2.24) is 14.8 Å². The summed E-state index contributed by atoms with van der Waals surface area (Å²) in [5, 5.41) is 4.66. The molecule has 0 N–H and O–H groups in total. The van der Waals surface area contributed by atoms with E-state index in [9.17, 15) is 8.42 Å². The molecule has 3 aromatic rings. The molecule has 2 heterocycles. The van der Waals surface area contributed by atoms with Crippen LogP contribution in [0.5, 0.6) is 5.75 Å². The zero-order chi connectivity index (χ0) is 16.8. The largest absolute Gasteiger partial charge is 0.495 e. The summed E-state index contributed by atoms with van der Waals surface area (Å²) < 4.78 is 31.9. The van der Waals surface area contributed by atoms with E-state index in [0.717, 1.165) is 5.56 Å². The molecule has 0 aliphatic rings. The van der Waals surface area contributed by atoms with Crippen molar-refractivity contribution in [3.8, 4) is 17.0 Å². The number of hydrogen-bond acceptors (Lipinski definition) is 5. The van der Waals surface area contributed by atoms with E-state index in [1.807, 2.05) is 0 Å². The van der Waals surface area contributed by atoms with Crippen molar-refractivity contribution in [3.63, 3.8) is 0 Å². The first-order chi connectivity index (χ1) is 10.8. The third-order valence-electron chi connectivity index (χ3n) is 3.47. The Kier molecular flexibility index (Phi) is 3.89. The standard InChI is InChI=1S/C15H14BrN3O3S/c1-19-8-9(7-17-19)11-6-13(23(3,20)21)10-4-5-12(22-2)14(16)15(10)18-11/h4-8H,1-3H3. The predicted octanol–water partition coefficient (Wildman–Crippen LogP) is 2.81. The Morgan fingerprint density at radius 2 is 2.04 bits per heavy atom. The summed E-state index contributed by atoms with van der Waals surface area (Å²) in [5.41, 5.74) is 1.82. The second-order valence-electron chi connectivity index (χ2n) is 5.16. The van der Waals surface area contributed by atoms with Crippen molar-refractivity contribution < 1.29 is 13.2 Å². The van der Waals surface area contributed by atoms with Crippen LogP contribution in [0.2, 0.25) is 0 Å². The van der Waals surface area contributed by atoms with E-state index in [-0.39, 0.29) is 4.90 Å². The molecule has 2 aromatic heterocycles. The fraction of sp³-hybridized carbons (Fsp3) is 0.200. The minimum Gasteiger partial charge on any atom is -0.495 e. The van der Waals surface area contributed by atoms with Gasteiger partial charge in [0.15, 0.2) is 9.84 Å². The van der Waals surface area contributed by atoms with Crippen molar-refractivity contribution in [2.75, 3.05) is 13.4 Å². The zero-order valence-electron chi connectivity index (χ0n) is 12.7. The van der Waals surface area contributed by atoms with Crippen LogP contribution < -0.4 is 4.74 Å². The van der Waals surface area contributed by atoms with Crippen molar-refractivity contribution >= 4 is 36.7 Å². The average molecular weight is 396 g/mol. The number of hydrogen-bond donors (Lipinski definition) is 0. The molecule has 0 saturated carbocycles. The first kappa shape index (κ1) is 15.9. The van der Waals surface area contributed by atoms with Crippen LogP contribution in [0.1, 0.15) is 0 Å². The number of fused-ring (bicyclic) bond motifs is 1. The van der Waals surface area contributed by atoms with Gasteiger partial charge in [0.1, 0.15) is 5.75 Å². The van der Waals surface area contributed by atoms with Gasteiger partial charge in [0.05, 0.1) is 33.9 Å². The summed E-state index contributed by atoms with van der Waals surface area (Å²) in [4.78, 5) is 4.82. The molecule has 0 spiro atoms. The molecular formula is C15H14BrN3O3S. The van der Waals surface area contributed by atoms with Crippen LogP contribution in [0.4, 0.5) is 0 Å². The fourth-order valence-electron chi connectivity index (χ4n) is 2.37. The molecule has 120 valence electrons. The van der Waals surface area contributed by atoms with Crippen molar-refractivity contribution in [1.29, 1.82) is 0 Å². The van der Waals surface area contributed by atoms with Crippen molar-refractivity contribution in [2.45, 2.75) is 4.90 Å². The van der Waals surface area contributed by atoms with Gasteiger partial charge in [-0.05, 0) is 34.1 Å². The van der Waals surface area contributed by atoms with E-state index in [1.165, 1.54) is 6.26 Å². The molecule has 0 bridgehead atoms.